The van der Waals surface area contributed by atoms with Crippen LogP contribution in [0.3, 0.4) is 0 Å². The minimum atomic E-state index is -2.75. The Morgan fingerprint density at radius 3 is 2.19 bits per heavy atom. The van der Waals surface area contributed by atoms with Gasteiger partial charge in [0.2, 0.25) is 0 Å². The first-order valence-electron chi connectivity index (χ1n) is 6.87. The van der Waals surface area contributed by atoms with Gasteiger partial charge in [0.25, 0.3) is 0 Å². The second-order valence-electron chi connectivity index (χ2n) is 5.02. The Morgan fingerprint density at radius 1 is 0.810 bits per heavy atom. The van der Waals surface area contributed by atoms with E-state index in [0.29, 0.717) is 0 Å². The maximum absolute atomic E-state index is 13.5. The number of benzene rings is 3. The van der Waals surface area contributed by atoms with Crippen molar-refractivity contribution in [2.45, 2.75) is 0 Å². The summed E-state index contributed by atoms with van der Waals surface area (Å²) in [4.78, 5) is 0. The molecule has 0 aliphatic heterocycles. The zero-order valence-electron chi connectivity index (χ0n) is 11.9. The largest absolute Gasteiger partial charge is 0.376 e. The fraction of sp³-hybridized carbons (Fsp3) is 0.111. The third-order valence-electron chi connectivity index (χ3n) is 3.63. The second kappa shape index (κ2) is 5.85. The van der Waals surface area contributed by atoms with Crippen molar-refractivity contribution in [2.24, 2.45) is 0 Å². The van der Waals surface area contributed by atoms with E-state index in [0.717, 1.165) is 21.4 Å². The highest BCUT2D eigenvalue weighted by Gasteiger charge is 2.27. The molecule has 0 aromatic heterocycles. The summed E-state index contributed by atoms with van der Waals surface area (Å²) in [6.07, 6.45) is 0.218. The highest BCUT2D eigenvalue weighted by Crippen LogP contribution is 2.43. The van der Waals surface area contributed by atoms with Crippen LogP contribution >= 0.6 is 7.14 Å². The van der Waals surface area contributed by atoms with Crippen LogP contribution in [0.25, 0.3) is 10.8 Å². The molecular formula is C18H17O2P. The predicted octanol–water partition coefficient (Wildman–Crippen LogP) is 3.76. The molecule has 3 heteroatoms. The van der Waals surface area contributed by atoms with Gasteiger partial charge in [-0.25, -0.2) is 0 Å². The second-order valence-corrected chi connectivity index (χ2v) is 7.79. The smallest absolute Gasteiger partial charge is 0.167 e. The van der Waals surface area contributed by atoms with Crippen LogP contribution in [0.2, 0.25) is 0 Å². The van der Waals surface area contributed by atoms with E-state index in [-0.39, 0.29) is 6.35 Å². The number of methoxy groups -OCH3 is 1. The van der Waals surface area contributed by atoms with Crippen LogP contribution < -0.4 is 10.6 Å². The highest BCUT2D eigenvalue weighted by atomic mass is 31.2. The SMILES string of the molecule is COCP(=O)(c1ccccc1)c1ccc2ccccc2c1. The lowest BCUT2D eigenvalue weighted by Gasteiger charge is -2.18. The van der Waals surface area contributed by atoms with Crippen LogP contribution in [0.1, 0.15) is 0 Å². The summed E-state index contributed by atoms with van der Waals surface area (Å²) in [6, 6.07) is 23.7. The molecule has 3 aromatic carbocycles. The van der Waals surface area contributed by atoms with Gasteiger partial charge in [0.15, 0.2) is 7.14 Å². The fourth-order valence-corrected chi connectivity index (χ4v) is 4.83. The molecule has 106 valence electrons. The maximum atomic E-state index is 13.5. The van der Waals surface area contributed by atoms with Crippen molar-refractivity contribution >= 4 is 28.5 Å². The lowest BCUT2D eigenvalue weighted by molar-refractivity contribution is 0.251. The predicted molar refractivity (Wildman–Crippen MR) is 89.1 cm³/mol. The van der Waals surface area contributed by atoms with Crippen LogP contribution in [0.4, 0.5) is 0 Å². The zero-order chi connectivity index (χ0) is 14.7. The number of ether oxygens (including phenoxy) is 1. The van der Waals surface area contributed by atoms with Crippen LogP contribution in [0.5, 0.6) is 0 Å². The molecule has 21 heavy (non-hydrogen) atoms. The lowest BCUT2D eigenvalue weighted by atomic mass is 10.1. The standard InChI is InChI=1S/C18H17O2P/c1-20-14-21(19,17-9-3-2-4-10-17)18-12-11-15-7-5-6-8-16(15)13-18/h2-13H,14H2,1H3. The molecule has 0 N–H and O–H groups in total. The summed E-state index contributed by atoms with van der Waals surface area (Å²) in [7, 11) is -1.16. The molecule has 0 spiro atoms. The van der Waals surface area contributed by atoms with E-state index in [1.807, 2.05) is 66.7 Å². The highest BCUT2D eigenvalue weighted by molar-refractivity contribution is 7.78. The molecular weight excluding hydrogens is 279 g/mol. The average molecular weight is 296 g/mol. The van der Waals surface area contributed by atoms with Gasteiger partial charge in [-0.15, -0.1) is 0 Å². The molecule has 0 saturated heterocycles. The molecule has 0 saturated carbocycles. The zero-order valence-corrected chi connectivity index (χ0v) is 12.8. The van der Waals surface area contributed by atoms with Crippen LogP contribution in [0, 0.1) is 0 Å². The number of hydrogen-bond donors (Lipinski definition) is 0. The summed E-state index contributed by atoms with van der Waals surface area (Å²) in [5.41, 5.74) is 0. The van der Waals surface area contributed by atoms with Gasteiger partial charge in [0.05, 0.1) is 0 Å². The lowest BCUT2D eigenvalue weighted by Crippen LogP contribution is -2.19. The maximum Gasteiger partial charge on any atom is 0.167 e. The van der Waals surface area contributed by atoms with Crippen molar-refractivity contribution in [3.63, 3.8) is 0 Å². The van der Waals surface area contributed by atoms with Crippen molar-refractivity contribution in [1.82, 2.24) is 0 Å². The molecule has 2 nitrogen and oxygen atoms in total. The van der Waals surface area contributed by atoms with Gasteiger partial charge in [-0.1, -0.05) is 66.7 Å². The first kappa shape index (κ1) is 14.1. The van der Waals surface area contributed by atoms with Gasteiger partial charge in [-0.05, 0) is 16.8 Å². The minimum absolute atomic E-state index is 0.218. The summed E-state index contributed by atoms with van der Waals surface area (Å²) >= 11 is 0. The molecule has 0 aliphatic carbocycles. The van der Waals surface area contributed by atoms with Crippen LogP contribution in [-0.4, -0.2) is 13.5 Å². The van der Waals surface area contributed by atoms with Crippen molar-refractivity contribution in [3.8, 4) is 0 Å². The molecule has 0 radical (unpaired) electrons. The molecule has 0 bridgehead atoms. The monoisotopic (exact) mass is 296 g/mol. The Kier molecular flexibility index (Phi) is 3.92. The third kappa shape index (κ3) is 2.65. The molecule has 0 aliphatic rings. The third-order valence-corrected chi connectivity index (χ3v) is 6.50. The van der Waals surface area contributed by atoms with Gasteiger partial charge in [-0.2, -0.15) is 0 Å². The van der Waals surface area contributed by atoms with Crippen LogP contribution in [0.15, 0.2) is 72.8 Å². The normalized spacial score (nSPS) is 14.0. The van der Waals surface area contributed by atoms with E-state index >= 15 is 0 Å². The van der Waals surface area contributed by atoms with Gasteiger partial charge < -0.3 is 9.30 Å². The Morgan fingerprint density at radius 2 is 1.48 bits per heavy atom. The van der Waals surface area contributed by atoms with Crippen LogP contribution in [-0.2, 0) is 9.30 Å². The number of fused-ring (bicyclic) bond motifs is 1. The van der Waals surface area contributed by atoms with E-state index in [4.69, 9.17) is 4.74 Å². The van der Waals surface area contributed by atoms with Crippen molar-refractivity contribution in [3.05, 3.63) is 72.8 Å². The molecule has 0 fully saturated rings. The van der Waals surface area contributed by atoms with E-state index in [2.05, 4.69) is 6.07 Å². The van der Waals surface area contributed by atoms with E-state index in [9.17, 15) is 4.57 Å². The van der Waals surface area contributed by atoms with Gasteiger partial charge in [-0.3, -0.25) is 0 Å². The molecule has 0 heterocycles. The average Bonchev–Trinajstić information content (AvgIpc) is 2.55. The summed E-state index contributed by atoms with van der Waals surface area (Å²) in [5, 5.41) is 3.93. The number of hydrogen-bond acceptors (Lipinski definition) is 2. The summed E-state index contributed by atoms with van der Waals surface area (Å²) < 4.78 is 18.8. The quantitative estimate of drug-likeness (QED) is 0.685. The van der Waals surface area contributed by atoms with Crippen molar-refractivity contribution in [2.75, 3.05) is 13.5 Å². The molecule has 3 rings (SSSR count). The first-order chi connectivity index (χ1) is 10.2. The van der Waals surface area contributed by atoms with E-state index < -0.39 is 7.14 Å². The molecule has 0 amide bonds. The van der Waals surface area contributed by atoms with Crippen molar-refractivity contribution < 1.29 is 9.30 Å². The van der Waals surface area contributed by atoms with E-state index in [1.165, 1.54) is 0 Å². The topological polar surface area (TPSA) is 26.3 Å². The summed E-state index contributed by atoms with van der Waals surface area (Å²) in [5.74, 6) is 0. The Labute approximate surface area is 124 Å². The first-order valence-corrected chi connectivity index (χ1v) is 8.76. The fourth-order valence-electron chi connectivity index (χ4n) is 2.55. The Hall–Kier alpha value is -1.89. The van der Waals surface area contributed by atoms with Gasteiger partial charge >= 0.3 is 0 Å². The molecule has 1 unspecified atom stereocenters. The van der Waals surface area contributed by atoms with Gasteiger partial charge in [0.1, 0.15) is 6.35 Å². The Balaban J connectivity index is 2.17. The Bertz CT molecular complexity index is 796. The number of rotatable bonds is 4. The van der Waals surface area contributed by atoms with Crippen molar-refractivity contribution in [1.29, 1.82) is 0 Å². The molecule has 3 aromatic rings. The molecule has 1 atom stereocenters. The van der Waals surface area contributed by atoms with E-state index in [1.54, 1.807) is 7.11 Å². The minimum Gasteiger partial charge on any atom is -0.376 e. The summed E-state index contributed by atoms with van der Waals surface area (Å²) in [6.45, 7) is 0. The van der Waals surface area contributed by atoms with Gasteiger partial charge in [0, 0.05) is 17.7 Å².